The lowest BCUT2D eigenvalue weighted by molar-refractivity contribution is -0.143. The Bertz CT molecular complexity index is 1690. The number of nitrogens with zero attached hydrogens (tertiary/aromatic N) is 6. The molecule has 0 spiro atoms. The van der Waals surface area contributed by atoms with Gasteiger partial charge in [0, 0.05) is 49.6 Å². The molecule has 2 aromatic carbocycles. The van der Waals surface area contributed by atoms with Crippen LogP contribution in [0, 0.1) is 5.92 Å². The zero-order valence-corrected chi connectivity index (χ0v) is 26.4. The zero-order valence-electron chi connectivity index (χ0n) is 26.4. The molecule has 0 bridgehead atoms. The van der Waals surface area contributed by atoms with Crippen molar-refractivity contribution in [2.24, 2.45) is 5.92 Å². The summed E-state index contributed by atoms with van der Waals surface area (Å²) in [6.45, 7) is 4.91. The van der Waals surface area contributed by atoms with Gasteiger partial charge in [0.2, 0.25) is 11.8 Å². The van der Waals surface area contributed by atoms with E-state index in [0.717, 1.165) is 48.0 Å². The van der Waals surface area contributed by atoms with E-state index >= 15 is 0 Å². The molecule has 3 fully saturated rings. The van der Waals surface area contributed by atoms with E-state index in [1.165, 1.54) is 37.0 Å². The first-order valence-corrected chi connectivity index (χ1v) is 17.0. The van der Waals surface area contributed by atoms with Crippen molar-refractivity contribution in [3.63, 3.8) is 0 Å². The van der Waals surface area contributed by atoms with Crippen LogP contribution < -0.4 is 5.69 Å². The molecule has 3 aliphatic heterocycles. The number of aromatic amines is 2. The van der Waals surface area contributed by atoms with Crippen molar-refractivity contribution in [3.8, 4) is 11.4 Å². The lowest BCUT2D eigenvalue weighted by atomic mass is 9.91. The third kappa shape index (κ3) is 6.65. The Balaban J connectivity index is 1.01. The summed E-state index contributed by atoms with van der Waals surface area (Å²) in [4.78, 5) is 50.0. The second-order valence-electron chi connectivity index (χ2n) is 13.3. The number of fused-ring (bicyclic) bond motifs is 1. The van der Waals surface area contributed by atoms with Crippen molar-refractivity contribution in [1.82, 2.24) is 39.7 Å². The smallest absolute Gasteiger partial charge is 0.343 e. The number of rotatable bonds is 8. The summed E-state index contributed by atoms with van der Waals surface area (Å²) in [6.07, 6.45) is 9.64. The van der Waals surface area contributed by atoms with Gasteiger partial charge in [-0.3, -0.25) is 19.7 Å². The van der Waals surface area contributed by atoms with Crippen molar-refractivity contribution >= 4 is 22.7 Å². The minimum atomic E-state index is -0.427. The Morgan fingerprint density at radius 3 is 2.33 bits per heavy atom. The molecule has 11 nitrogen and oxygen atoms in total. The fourth-order valence-corrected chi connectivity index (χ4v) is 7.65. The molecule has 3 aliphatic rings. The molecule has 3 saturated heterocycles. The van der Waals surface area contributed by atoms with E-state index in [2.05, 4.69) is 31.2 Å². The monoisotopic (exact) mass is 624 g/mol. The Labute approximate surface area is 268 Å². The SMILES string of the molecule is O=C(CC(Cc1ccc2[nH]ncc2c1)C(=O)N1CCC(N2CCCCC2)CC1)N1CCC(n2nc(-c3ccccc3)[nH]c2=O)CC1. The van der Waals surface area contributed by atoms with Crippen molar-refractivity contribution in [1.29, 1.82) is 0 Å². The first kappa shape index (κ1) is 30.4. The molecule has 4 aromatic rings. The minimum absolute atomic E-state index is 0.00346. The highest BCUT2D eigenvalue weighted by atomic mass is 16.2. The van der Waals surface area contributed by atoms with Crippen LogP contribution in [0.5, 0.6) is 0 Å². The largest absolute Gasteiger partial charge is 0.343 e. The summed E-state index contributed by atoms with van der Waals surface area (Å²) in [5.74, 6) is 0.218. The molecular formula is C35H44N8O3. The number of amides is 2. The third-order valence-electron chi connectivity index (χ3n) is 10.3. The summed E-state index contributed by atoms with van der Waals surface area (Å²) in [7, 11) is 0. The van der Waals surface area contributed by atoms with Gasteiger partial charge in [-0.15, -0.1) is 5.10 Å². The summed E-state index contributed by atoms with van der Waals surface area (Å²) >= 11 is 0. The third-order valence-corrected chi connectivity index (χ3v) is 10.3. The van der Waals surface area contributed by atoms with Crippen LogP contribution in [-0.2, 0) is 16.0 Å². The summed E-state index contributed by atoms with van der Waals surface area (Å²) in [6, 6.07) is 16.2. The average Bonchev–Trinajstić information content (AvgIpc) is 3.75. The van der Waals surface area contributed by atoms with E-state index in [9.17, 15) is 14.4 Å². The van der Waals surface area contributed by atoms with E-state index in [1.807, 2.05) is 52.3 Å². The predicted octanol–water partition coefficient (Wildman–Crippen LogP) is 4.00. The molecule has 2 aromatic heterocycles. The van der Waals surface area contributed by atoms with Gasteiger partial charge in [-0.25, -0.2) is 9.48 Å². The molecule has 2 amide bonds. The number of aromatic nitrogens is 5. The quantitative estimate of drug-likeness (QED) is 0.306. The summed E-state index contributed by atoms with van der Waals surface area (Å²) in [5, 5.41) is 12.7. The number of carbonyl (C=O) groups excluding carboxylic acids is 2. The van der Waals surface area contributed by atoms with E-state index in [-0.39, 0.29) is 30.0 Å². The van der Waals surface area contributed by atoms with Gasteiger partial charge in [-0.1, -0.05) is 42.8 Å². The highest BCUT2D eigenvalue weighted by Gasteiger charge is 2.34. The van der Waals surface area contributed by atoms with Crippen LogP contribution in [0.1, 0.15) is 63.0 Å². The lowest BCUT2D eigenvalue weighted by Gasteiger charge is -2.41. The molecule has 11 heteroatoms. The van der Waals surface area contributed by atoms with Crippen LogP contribution in [0.4, 0.5) is 0 Å². The molecule has 5 heterocycles. The van der Waals surface area contributed by atoms with E-state index < -0.39 is 5.92 Å². The van der Waals surface area contributed by atoms with E-state index in [4.69, 9.17) is 0 Å². The number of hydrogen-bond acceptors (Lipinski definition) is 6. The van der Waals surface area contributed by atoms with Gasteiger partial charge in [0.15, 0.2) is 5.82 Å². The number of hydrogen-bond donors (Lipinski definition) is 2. The molecule has 7 rings (SSSR count). The highest BCUT2D eigenvalue weighted by molar-refractivity contribution is 5.86. The molecule has 1 atom stereocenters. The average molecular weight is 625 g/mol. The van der Waals surface area contributed by atoms with Crippen LogP contribution in [0.2, 0.25) is 0 Å². The molecule has 0 radical (unpaired) electrons. The first-order valence-electron chi connectivity index (χ1n) is 17.0. The maximum absolute atomic E-state index is 14.1. The Hall–Kier alpha value is -4.25. The molecule has 0 aliphatic carbocycles. The summed E-state index contributed by atoms with van der Waals surface area (Å²) < 4.78 is 1.54. The van der Waals surface area contributed by atoms with Gasteiger partial charge >= 0.3 is 5.69 Å². The maximum atomic E-state index is 14.1. The Morgan fingerprint density at radius 1 is 0.848 bits per heavy atom. The van der Waals surface area contributed by atoms with Gasteiger partial charge in [-0.05, 0) is 75.7 Å². The highest BCUT2D eigenvalue weighted by Crippen LogP contribution is 2.27. The number of carbonyl (C=O) groups is 2. The minimum Gasteiger partial charge on any atom is -0.343 e. The summed E-state index contributed by atoms with van der Waals surface area (Å²) in [5.41, 5.74) is 2.63. The van der Waals surface area contributed by atoms with Gasteiger partial charge in [0.25, 0.3) is 0 Å². The molecule has 242 valence electrons. The molecule has 46 heavy (non-hydrogen) atoms. The van der Waals surface area contributed by atoms with Crippen LogP contribution in [-0.4, -0.2) is 96.8 Å². The zero-order chi connectivity index (χ0) is 31.5. The van der Waals surface area contributed by atoms with Crippen molar-refractivity contribution < 1.29 is 9.59 Å². The molecular weight excluding hydrogens is 580 g/mol. The fraction of sp³-hybridized carbons (Fsp3) is 0.514. The van der Waals surface area contributed by atoms with Gasteiger partial charge < -0.3 is 14.7 Å². The van der Waals surface area contributed by atoms with Crippen LogP contribution in [0.3, 0.4) is 0 Å². The van der Waals surface area contributed by atoms with Gasteiger partial charge in [0.05, 0.1) is 23.7 Å². The van der Waals surface area contributed by atoms with Gasteiger partial charge in [-0.2, -0.15) is 5.10 Å². The number of nitrogens with one attached hydrogen (secondary N) is 2. The Morgan fingerprint density at radius 2 is 1.57 bits per heavy atom. The Kier molecular flexibility index (Phi) is 9.00. The first-order chi connectivity index (χ1) is 22.5. The second-order valence-corrected chi connectivity index (χ2v) is 13.3. The number of piperidine rings is 3. The van der Waals surface area contributed by atoms with Crippen LogP contribution >= 0.6 is 0 Å². The van der Waals surface area contributed by atoms with Crippen molar-refractivity contribution in [3.05, 3.63) is 70.8 Å². The normalized spacial score (nSPS) is 19.5. The van der Waals surface area contributed by atoms with Crippen molar-refractivity contribution in [2.45, 2.75) is 69.9 Å². The standard InChI is InChI=1S/C35H44N8O3/c44-32(41-17-13-30(14-18-41)43-35(46)37-33(39-43)26-7-3-1-4-8-26)23-27(21-25-9-10-31-28(22-25)24-36-38-31)34(45)42-19-11-29(12-20-42)40-15-5-2-6-16-40/h1,3-4,7-10,22,24,27,29-30H,2,5-6,11-21,23H2,(H,36,38)(H,37,39,46). The number of benzene rings is 2. The maximum Gasteiger partial charge on any atom is 0.343 e. The fourth-order valence-electron chi connectivity index (χ4n) is 7.65. The van der Waals surface area contributed by atoms with Crippen molar-refractivity contribution in [2.75, 3.05) is 39.3 Å². The molecule has 0 saturated carbocycles. The molecule has 1 unspecified atom stereocenters. The van der Waals surface area contributed by atoms with E-state index in [1.54, 1.807) is 6.20 Å². The predicted molar refractivity (Wildman–Crippen MR) is 176 cm³/mol. The van der Waals surface area contributed by atoms with Crippen LogP contribution in [0.15, 0.2) is 59.5 Å². The van der Waals surface area contributed by atoms with E-state index in [0.29, 0.717) is 44.2 Å². The van der Waals surface area contributed by atoms with Crippen LogP contribution in [0.25, 0.3) is 22.3 Å². The number of likely N-dealkylation sites (tertiary alicyclic amines) is 3. The van der Waals surface area contributed by atoms with Gasteiger partial charge in [0.1, 0.15) is 0 Å². The number of H-pyrrole nitrogens is 2. The lowest BCUT2D eigenvalue weighted by Crippen LogP contribution is -2.50. The molecule has 2 N–H and O–H groups in total. The second kappa shape index (κ2) is 13.6. The topological polar surface area (TPSA) is 123 Å².